The van der Waals surface area contributed by atoms with E-state index in [9.17, 15) is 0 Å². The van der Waals surface area contributed by atoms with E-state index in [-0.39, 0.29) is 0 Å². The number of anilines is 3. The van der Waals surface area contributed by atoms with Gasteiger partial charge in [0.25, 0.3) is 0 Å². The lowest BCUT2D eigenvalue weighted by atomic mass is 10.0. The Bertz CT molecular complexity index is 2820. The number of pyridine rings is 1. The molecule has 0 aliphatic carbocycles. The minimum atomic E-state index is 0.791. The molecule has 0 aliphatic heterocycles. The number of para-hydroxylation sites is 3. The summed E-state index contributed by atoms with van der Waals surface area (Å²) in [6.45, 7) is 0. The fourth-order valence-corrected chi connectivity index (χ4v) is 7.25. The Morgan fingerprint density at radius 3 is 1.92 bits per heavy atom. The van der Waals surface area contributed by atoms with Gasteiger partial charge in [-0.15, -0.1) is 0 Å². The Morgan fingerprint density at radius 1 is 0.449 bits per heavy atom. The van der Waals surface area contributed by atoms with Gasteiger partial charge >= 0.3 is 0 Å². The van der Waals surface area contributed by atoms with Gasteiger partial charge in [-0.3, -0.25) is 0 Å². The molecular formula is C45H29N3O. The van der Waals surface area contributed by atoms with E-state index in [1.165, 1.54) is 32.9 Å². The number of rotatable bonds is 5. The smallest absolute Gasteiger partial charge is 0.154 e. The predicted octanol–water partition coefficient (Wildman–Crippen LogP) is 12.4. The Balaban J connectivity index is 1.19. The van der Waals surface area contributed by atoms with Gasteiger partial charge < -0.3 is 13.9 Å². The fourth-order valence-electron chi connectivity index (χ4n) is 7.25. The molecule has 3 heterocycles. The van der Waals surface area contributed by atoms with E-state index in [4.69, 9.17) is 9.40 Å². The second-order valence-corrected chi connectivity index (χ2v) is 12.4. The largest absolute Gasteiger partial charge is 0.454 e. The minimum Gasteiger partial charge on any atom is -0.454 e. The molecule has 49 heavy (non-hydrogen) atoms. The maximum Gasteiger partial charge on any atom is 0.154 e. The Hall–Kier alpha value is -6.65. The van der Waals surface area contributed by atoms with Crippen molar-refractivity contribution in [3.05, 3.63) is 176 Å². The lowest BCUT2D eigenvalue weighted by molar-refractivity contribution is 0.669. The molecule has 0 radical (unpaired) electrons. The summed E-state index contributed by atoms with van der Waals surface area (Å²) in [6.07, 6.45) is 0. The highest BCUT2D eigenvalue weighted by Crippen LogP contribution is 2.42. The first-order chi connectivity index (χ1) is 24.3. The van der Waals surface area contributed by atoms with Crippen molar-refractivity contribution in [1.82, 2.24) is 9.55 Å². The van der Waals surface area contributed by atoms with E-state index >= 15 is 0 Å². The molecule has 0 N–H and O–H groups in total. The summed E-state index contributed by atoms with van der Waals surface area (Å²) in [5.74, 6) is 0. The molecule has 0 bridgehead atoms. The van der Waals surface area contributed by atoms with Crippen LogP contribution in [0.2, 0.25) is 0 Å². The molecule has 0 aliphatic rings. The van der Waals surface area contributed by atoms with Gasteiger partial charge in [0.15, 0.2) is 5.58 Å². The summed E-state index contributed by atoms with van der Waals surface area (Å²) in [6, 6.07) is 62.1. The van der Waals surface area contributed by atoms with Crippen molar-refractivity contribution < 1.29 is 4.42 Å². The van der Waals surface area contributed by atoms with Crippen molar-refractivity contribution in [3.63, 3.8) is 0 Å². The summed E-state index contributed by atoms with van der Waals surface area (Å²) in [5, 5.41) is 4.48. The average molecular weight is 628 g/mol. The van der Waals surface area contributed by atoms with Gasteiger partial charge in [0.05, 0.1) is 16.6 Å². The lowest BCUT2D eigenvalue weighted by Gasteiger charge is -2.26. The molecule has 0 amide bonds. The normalized spacial score (nSPS) is 11.7. The van der Waals surface area contributed by atoms with Crippen LogP contribution in [0.4, 0.5) is 17.1 Å². The Labute approximate surface area is 282 Å². The van der Waals surface area contributed by atoms with E-state index in [2.05, 4.69) is 173 Å². The maximum atomic E-state index is 6.34. The molecular weight excluding hydrogens is 599 g/mol. The topological polar surface area (TPSA) is 34.2 Å². The van der Waals surface area contributed by atoms with Gasteiger partial charge in [-0.25, -0.2) is 4.98 Å². The molecule has 0 spiro atoms. The van der Waals surface area contributed by atoms with Gasteiger partial charge in [-0.1, -0.05) is 97.1 Å². The van der Waals surface area contributed by atoms with Crippen LogP contribution in [0, 0.1) is 0 Å². The van der Waals surface area contributed by atoms with E-state index in [1.54, 1.807) is 0 Å². The molecule has 10 rings (SSSR count). The highest BCUT2D eigenvalue weighted by Gasteiger charge is 2.19. The third-order valence-corrected chi connectivity index (χ3v) is 9.55. The van der Waals surface area contributed by atoms with E-state index in [0.29, 0.717) is 0 Å². The maximum absolute atomic E-state index is 6.34. The molecule has 0 fully saturated rings. The van der Waals surface area contributed by atoms with Crippen molar-refractivity contribution in [3.8, 4) is 16.8 Å². The zero-order valence-electron chi connectivity index (χ0n) is 26.5. The van der Waals surface area contributed by atoms with Crippen molar-refractivity contribution in [2.45, 2.75) is 0 Å². The Kier molecular flexibility index (Phi) is 6.15. The van der Waals surface area contributed by atoms with Crippen molar-refractivity contribution in [2.24, 2.45) is 0 Å². The first-order valence-corrected chi connectivity index (χ1v) is 16.5. The molecule has 230 valence electrons. The SMILES string of the molecule is c1ccc(-c2ccc(N(c3ccc4oc5cc6ccccc6nc5c4c3)c3ccc4c(c3)c3ccccc3n4-c3ccccc3)cc2)cc1. The van der Waals surface area contributed by atoms with Crippen LogP contribution < -0.4 is 4.90 Å². The molecule has 4 nitrogen and oxygen atoms in total. The van der Waals surface area contributed by atoms with Crippen molar-refractivity contribution >= 4 is 71.8 Å². The van der Waals surface area contributed by atoms with Gasteiger partial charge in [0, 0.05) is 44.3 Å². The van der Waals surface area contributed by atoms with Gasteiger partial charge in [0.2, 0.25) is 0 Å². The fraction of sp³-hybridized carbons (Fsp3) is 0. The summed E-state index contributed by atoms with van der Waals surface area (Å²) in [4.78, 5) is 7.38. The molecule has 0 unspecified atom stereocenters. The highest BCUT2D eigenvalue weighted by atomic mass is 16.3. The van der Waals surface area contributed by atoms with Gasteiger partial charge in [0.1, 0.15) is 11.1 Å². The van der Waals surface area contributed by atoms with Crippen LogP contribution in [0.1, 0.15) is 0 Å². The van der Waals surface area contributed by atoms with Crippen LogP contribution in [0.3, 0.4) is 0 Å². The van der Waals surface area contributed by atoms with Crippen LogP contribution >= 0.6 is 0 Å². The number of nitrogens with zero attached hydrogens (tertiary/aromatic N) is 3. The second-order valence-electron chi connectivity index (χ2n) is 12.4. The third kappa shape index (κ3) is 4.49. The van der Waals surface area contributed by atoms with Crippen LogP contribution in [0.5, 0.6) is 0 Å². The third-order valence-electron chi connectivity index (χ3n) is 9.55. The highest BCUT2D eigenvalue weighted by molar-refractivity contribution is 6.11. The zero-order valence-corrected chi connectivity index (χ0v) is 26.5. The summed E-state index contributed by atoms with van der Waals surface area (Å²) >= 11 is 0. The number of fused-ring (bicyclic) bond motifs is 7. The number of hydrogen-bond donors (Lipinski definition) is 0. The molecule has 0 saturated carbocycles. The number of aromatic nitrogens is 2. The van der Waals surface area contributed by atoms with Crippen LogP contribution in [0.25, 0.3) is 71.6 Å². The van der Waals surface area contributed by atoms with Gasteiger partial charge in [-0.05, 0) is 90.0 Å². The summed E-state index contributed by atoms with van der Waals surface area (Å²) in [7, 11) is 0. The first kappa shape index (κ1) is 27.5. The van der Waals surface area contributed by atoms with Crippen molar-refractivity contribution in [1.29, 1.82) is 0 Å². The number of benzene rings is 7. The predicted molar refractivity (Wildman–Crippen MR) is 203 cm³/mol. The van der Waals surface area contributed by atoms with E-state index < -0.39 is 0 Å². The molecule has 3 aromatic heterocycles. The molecule has 7 aromatic carbocycles. The molecule has 0 saturated heterocycles. The molecule has 10 aromatic rings. The average Bonchev–Trinajstić information content (AvgIpc) is 3.69. The molecule has 4 heteroatoms. The minimum absolute atomic E-state index is 0.791. The summed E-state index contributed by atoms with van der Waals surface area (Å²) in [5.41, 5.74) is 12.5. The van der Waals surface area contributed by atoms with Crippen LogP contribution in [-0.2, 0) is 0 Å². The van der Waals surface area contributed by atoms with Gasteiger partial charge in [-0.2, -0.15) is 0 Å². The standard InChI is InChI=1S/C45H29N3O/c1-3-11-30(12-4-1)31-19-21-34(22-20-31)47(36-24-26-43-39(29-36)45-44(49-43)27-32-13-7-9-17-40(32)46-45)35-23-25-42-38(28-35)37-16-8-10-18-41(37)48(42)33-14-5-2-6-15-33/h1-29H. The first-order valence-electron chi connectivity index (χ1n) is 16.5. The van der Waals surface area contributed by atoms with Crippen LogP contribution in [-0.4, -0.2) is 9.55 Å². The van der Waals surface area contributed by atoms with E-state index in [0.717, 1.165) is 55.7 Å². The second kappa shape index (κ2) is 11.0. The van der Waals surface area contributed by atoms with E-state index in [1.807, 2.05) is 12.1 Å². The number of furan rings is 1. The van der Waals surface area contributed by atoms with Crippen LogP contribution in [0.15, 0.2) is 180 Å². The summed E-state index contributed by atoms with van der Waals surface area (Å²) < 4.78 is 8.69. The quantitative estimate of drug-likeness (QED) is 0.190. The zero-order chi connectivity index (χ0) is 32.3. The monoisotopic (exact) mass is 627 g/mol. The van der Waals surface area contributed by atoms with Crippen molar-refractivity contribution in [2.75, 3.05) is 4.90 Å². The lowest BCUT2D eigenvalue weighted by Crippen LogP contribution is -2.10. The molecule has 0 atom stereocenters. The number of hydrogen-bond acceptors (Lipinski definition) is 3. The Morgan fingerprint density at radius 2 is 1.08 bits per heavy atom.